The topological polar surface area (TPSA) is 134 Å². The standard InChI is InChI=1S/C80H156NO8P/c1-3-5-7-9-11-13-15-17-19-21-23-25-27-29-31-33-35-36-37-38-39-40-41-42-43-45-47-49-51-53-55-57-59-61-63-65-67-69-71-73-80(83)89-78(77-88-90(84,85)87-75-74-81)76-86-79(82)72-70-68-66-64-62-60-58-56-54-52-50-48-46-44-34-32-30-28-26-24-22-20-18-16-14-12-10-8-6-4-2/h15,17,21,23,78H,3-14,16,18-20,22,24-77,81H2,1-2H3,(H,84,85)/b17-15-,23-21-. The number of phosphoric ester groups is 1. The molecule has 0 aliphatic heterocycles. The Kier molecular flexibility index (Phi) is 75.2. The third-order valence-electron chi connectivity index (χ3n) is 18.6. The van der Waals surface area contributed by atoms with Gasteiger partial charge in [0.2, 0.25) is 0 Å². The summed E-state index contributed by atoms with van der Waals surface area (Å²) in [5.74, 6) is -0.797. The van der Waals surface area contributed by atoms with Crippen LogP contribution in [0, 0.1) is 0 Å². The number of esters is 2. The van der Waals surface area contributed by atoms with Crippen molar-refractivity contribution in [2.75, 3.05) is 26.4 Å². The van der Waals surface area contributed by atoms with Crippen molar-refractivity contribution in [2.24, 2.45) is 5.73 Å². The van der Waals surface area contributed by atoms with Crippen molar-refractivity contribution in [1.29, 1.82) is 0 Å². The third kappa shape index (κ3) is 75.5. The Morgan fingerprint density at radius 3 is 0.844 bits per heavy atom. The number of carbonyl (C=O) groups excluding carboxylic acids is 2. The summed E-state index contributed by atoms with van der Waals surface area (Å²) in [6.07, 6.45) is 96.2. The predicted molar refractivity (Wildman–Crippen MR) is 391 cm³/mol. The molecule has 0 aromatic heterocycles. The molecular formula is C80H156NO8P. The third-order valence-corrected chi connectivity index (χ3v) is 19.6. The summed E-state index contributed by atoms with van der Waals surface area (Å²) < 4.78 is 33.3. The van der Waals surface area contributed by atoms with Gasteiger partial charge >= 0.3 is 19.8 Å². The number of ether oxygens (including phenoxy) is 2. The maximum Gasteiger partial charge on any atom is 0.472 e. The van der Waals surface area contributed by atoms with Crippen LogP contribution in [0.3, 0.4) is 0 Å². The van der Waals surface area contributed by atoms with Gasteiger partial charge in [0.1, 0.15) is 6.61 Å². The SMILES string of the molecule is CCCCCCC/C=C\C/C=C\CCCCCCCCCCCCCCCCCCCCCCCCCCCCCC(=O)OC(COC(=O)CCCCCCCCCCCCCCCCCCCCCCCCCCCCCCCC)COP(=O)(O)OCCN. The highest BCUT2D eigenvalue weighted by Gasteiger charge is 2.26. The van der Waals surface area contributed by atoms with E-state index < -0.39 is 26.5 Å². The minimum Gasteiger partial charge on any atom is -0.462 e. The lowest BCUT2D eigenvalue weighted by molar-refractivity contribution is -0.161. The fourth-order valence-corrected chi connectivity index (χ4v) is 13.4. The molecule has 2 atom stereocenters. The average molecular weight is 1290 g/mol. The van der Waals surface area contributed by atoms with Crippen molar-refractivity contribution < 1.29 is 37.6 Å². The fraction of sp³-hybridized carbons (Fsp3) is 0.925. The molecule has 0 radical (unpaired) electrons. The van der Waals surface area contributed by atoms with Crippen LogP contribution in [0.2, 0.25) is 0 Å². The number of nitrogens with two attached hydrogens (primary N) is 1. The van der Waals surface area contributed by atoms with Crippen LogP contribution in [0.25, 0.3) is 0 Å². The zero-order valence-corrected chi connectivity index (χ0v) is 61.3. The van der Waals surface area contributed by atoms with Gasteiger partial charge in [-0.1, -0.05) is 411 Å². The van der Waals surface area contributed by atoms with E-state index in [1.54, 1.807) is 0 Å². The van der Waals surface area contributed by atoms with Crippen LogP contribution in [-0.2, 0) is 32.7 Å². The fourth-order valence-electron chi connectivity index (χ4n) is 12.6. The monoisotopic (exact) mass is 1290 g/mol. The Morgan fingerprint density at radius 1 is 0.333 bits per heavy atom. The molecule has 0 heterocycles. The number of phosphoric acid groups is 1. The van der Waals surface area contributed by atoms with E-state index in [4.69, 9.17) is 24.3 Å². The highest BCUT2D eigenvalue weighted by Crippen LogP contribution is 2.43. The second kappa shape index (κ2) is 76.5. The van der Waals surface area contributed by atoms with Crippen LogP contribution < -0.4 is 5.73 Å². The lowest BCUT2D eigenvalue weighted by Crippen LogP contribution is -2.29. The van der Waals surface area contributed by atoms with E-state index in [1.165, 1.54) is 372 Å². The van der Waals surface area contributed by atoms with Gasteiger partial charge in [0.25, 0.3) is 0 Å². The molecule has 0 aliphatic carbocycles. The summed E-state index contributed by atoms with van der Waals surface area (Å²) in [6, 6.07) is 0. The van der Waals surface area contributed by atoms with Crippen LogP contribution in [-0.4, -0.2) is 49.3 Å². The molecule has 0 spiro atoms. The largest absolute Gasteiger partial charge is 0.472 e. The maximum absolute atomic E-state index is 12.8. The van der Waals surface area contributed by atoms with Gasteiger partial charge in [-0.15, -0.1) is 0 Å². The molecule has 0 saturated heterocycles. The van der Waals surface area contributed by atoms with E-state index in [9.17, 15) is 19.0 Å². The van der Waals surface area contributed by atoms with Crippen LogP contribution in [0.4, 0.5) is 0 Å². The molecule has 9 nitrogen and oxygen atoms in total. The van der Waals surface area contributed by atoms with Gasteiger partial charge in [-0.05, 0) is 44.9 Å². The van der Waals surface area contributed by atoms with Crippen molar-refractivity contribution in [3.05, 3.63) is 24.3 Å². The number of hydrogen-bond donors (Lipinski definition) is 2. The molecule has 90 heavy (non-hydrogen) atoms. The highest BCUT2D eigenvalue weighted by molar-refractivity contribution is 7.47. The van der Waals surface area contributed by atoms with E-state index in [1.807, 2.05) is 0 Å². The second-order valence-corrected chi connectivity index (χ2v) is 29.1. The highest BCUT2D eigenvalue weighted by atomic mass is 31.2. The van der Waals surface area contributed by atoms with Gasteiger partial charge < -0.3 is 20.1 Å². The second-order valence-electron chi connectivity index (χ2n) is 27.7. The van der Waals surface area contributed by atoms with Crippen molar-refractivity contribution in [3.8, 4) is 0 Å². The van der Waals surface area contributed by atoms with Crippen molar-refractivity contribution in [1.82, 2.24) is 0 Å². The summed E-state index contributed by atoms with van der Waals surface area (Å²) >= 11 is 0. The van der Waals surface area contributed by atoms with E-state index >= 15 is 0 Å². The van der Waals surface area contributed by atoms with Crippen LogP contribution in [0.1, 0.15) is 444 Å². The molecule has 0 bridgehead atoms. The smallest absolute Gasteiger partial charge is 0.462 e. The number of rotatable bonds is 78. The molecule has 0 aliphatic rings. The minimum absolute atomic E-state index is 0.0578. The summed E-state index contributed by atoms with van der Waals surface area (Å²) in [5.41, 5.74) is 5.42. The minimum atomic E-state index is -4.39. The molecule has 0 fully saturated rings. The molecule has 2 unspecified atom stereocenters. The normalized spacial score (nSPS) is 12.9. The van der Waals surface area contributed by atoms with E-state index in [0.29, 0.717) is 6.42 Å². The van der Waals surface area contributed by atoms with Gasteiger partial charge in [-0.2, -0.15) is 0 Å². The van der Waals surface area contributed by atoms with Crippen molar-refractivity contribution >= 4 is 19.8 Å². The lowest BCUT2D eigenvalue weighted by Gasteiger charge is -2.19. The van der Waals surface area contributed by atoms with Gasteiger partial charge in [-0.25, -0.2) is 4.57 Å². The van der Waals surface area contributed by atoms with Gasteiger partial charge in [0, 0.05) is 19.4 Å². The van der Waals surface area contributed by atoms with E-state index in [-0.39, 0.29) is 38.6 Å². The maximum atomic E-state index is 12.8. The Hall–Kier alpha value is -1.51. The van der Waals surface area contributed by atoms with Gasteiger partial charge in [-0.3, -0.25) is 18.6 Å². The first-order valence-corrected chi connectivity index (χ1v) is 41.8. The summed E-state index contributed by atoms with van der Waals surface area (Å²) in [5, 5.41) is 0. The summed E-state index contributed by atoms with van der Waals surface area (Å²) in [6.45, 7) is 3.83. The Bertz CT molecular complexity index is 1520. The first kappa shape index (κ1) is 88.5. The van der Waals surface area contributed by atoms with Crippen LogP contribution >= 0.6 is 7.82 Å². The molecule has 0 amide bonds. The Balaban J connectivity index is 3.73. The zero-order valence-electron chi connectivity index (χ0n) is 60.4. The molecule has 0 rings (SSSR count). The molecule has 0 aromatic carbocycles. The van der Waals surface area contributed by atoms with Crippen LogP contribution in [0.5, 0.6) is 0 Å². The number of hydrogen-bond acceptors (Lipinski definition) is 8. The number of unbranched alkanes of at least 4 members (excludes halogenated alkanes) is 61. The van der Waals surface area contributed by atoms with Gasteiger partial charge in [0.05, 0.1) is 13.2 Å². The molecule has 3 N–H and O–H groups in total. The molecular weight excluding hydrogens is 1130 g/mol. The van der Waals surface area contributed by atoms with Crippen molar-refractivity contribution in [3.63, 3.8) is 0 Å². The predicted octanol–water partition coefficient (Wildman–Crippen LogP) is 26.8. The first-order chi connectivity index (χ1) is 44.3. The Labute approximate surface area is 561 Å². The summed E-state index contributed by atoms with van der Waals surface area (Å²) in [4.78, 5) is 35.5. The Morgan fingerprint density at radius 2 is 0.578 bits per heavy atom. The summed E-state index contributed by atoms with van der Waals surface area (Å²) in [7, 11) is -4.39. The average Bonchev–Trinajstić information content (AvgIpc) is 3.75. The first-order valence-electron chi connectivity index (χ1n) is 40.3. The van der Waals surface area contributed by atoms with E-state index in [2.05, 4.69) is 38.2 Å². The van der Waals surface area contributed by atoms with E-state index in [0.717, 1.165) is 38.5 Å². The quantitative estimate of drug-likeness (QED) is 0.0264. The molecule has 0 saturated carbocycles. The van der Waals surface area contributed by atoms with Crippen LogP contribution in [0.15, 0.2) is 24.3 Å². The van der Waals surface area contributed by atoms with Gasteiger partial charge in [0.15, 0.2) is 6.10 Å². The van der Waals surface area contributed by atoms with Crippen molar-refractivity contribution in [2.45, 2.75) is 450 Å². The molecule has 0 aromatic rings. The lowest BCUT2D eigenvalue weighted by atomic mass is 10.0. The molecule has 534 valence electrons. The zero-order chi connectivity index (χ0) is 65.1. The number of allylic oxidation sites excluding steroid dienone is 4. The molecule has 10 heteroatoms. The number of carbonyl (C=O) groups is 2.